The number of hydrogen-bond donors (Lipinski definition) is 0. The lowest BCUT2D eigenvalue weighted by Gasteiger charge is -1.95. The van der Waals surface area contributed by atoms with Crippen molar-refractivity contribution in [3.63, 3.8) is 0 Å². The summed E-state index contributed by atoms with van der Waals surface area (Å²) < 4.78 is 4.04. The van der Waals surface area contributed by atoms with Gasteiger partial charge in [-0.3, -0.25) is 4.39 Å². The van der Waals surface area contributed by atoms with E-state index in [-0.39, 0.29) is 0 Å². The van der Waals surface area contributed by atoms with Crippen LogP contribution in [-0.2, 0) is 4.39 Å². The average Bonchev–Trinajstić information content (AvgIpc) is 2.03. The van der Waals surface area contributed by atoms with Crippen LogP contribution in [0, 0.1) is 6.92 Å². The van der Waals surface area contributed by atoms with Gasteiger partial charge < -0.3 is 0 Å². The van der Waals surface area contributed by atoms with Crippen molar-refractivity contribution in [2.75, 3.05) is 0 Å². The summed E-state index contributed by atoms with van der Waals surface area (Å²) in [6, 6.07) is 7.83. The molecule has 58 valence electrons. The standard InChI is InChI=1S/C8H8ClNO/c1-7-4-2-3-5-8(7)6-10-11-9/h2-6H,1H3/b10-6+. The number of aryl methyl sites for hydroxylation is 1. The van der Waals surface area contributed by atoms with E-state index in [9.17, 15) is 0 Å². The second-order valence-electron chi connectivity index (χ2n) is 2.16. The number of halogens is 1. The van der Waals surface area contributed by atoms with Crippen LogP contribution in [-0.4, -0.2) is 6.21 Å². The fourth-order valence-corrected chi connectivity index (χ4v) is 0.848. The molecular formula is C8H8ClNO. The first-order valence-corrected chi connectivity index (χ1v) is 3.52. The molecule has 3 heteroatoms. The van der Waals surface area contributed by atoms with Crippen molar-refractivity contribution < 1.29 is 4.39 Å². The predicted molar refractivity (Wildman–Crippen MR) is 45.7 cm³/mol. The van der Waals surface area contributed by atoms with Crippen LogP contribution in [0.15, 0.2) is 29.4 Å². The molecule has 0 saturated heterocycles. The maximum atomic E-state index is 4.91. The van der Waals surface area contributed by atoms with Gasteiger partial charge in [0.05, 0.1) is 6.21 Å². The van der Waals surface area contributed by atoms with E-state index in [0.29, 0.717) is 0 Å². The van der Waals surface area contributed by atoms with E-state index in [1.807, 2.05) is 31.2 Å². The van der Waals surface area contributed by atoms with Gasteiger partial charge >= 0.3 is 0 Å². The first-order chi connectivity index (χ1) is 5.34. The number of rotatable bonds is 2. The summed E-state index contributed by atoms with van der Waals surface area (Å²) in [4.78, 5) is 0. The minimum Gasteiger partial charge on any atom is -0.277 e. The first-order valence-electron chi connectivity index (χ1n) is 3.21. The molecule has 0 fully saturated rings. The van der Waals surface area contributed by atoms with Crippen molar-refractivity contribution in [1.82, 2.24) is 0 Å². The fourth-order valence-electron chi connectivity index (χ4n) is 0.808. The van der Waals surface area contributed by atoms with Crippen molar-refractivity contribution in [2.45, 2.75) is 6.92 Å². The van der Waals surface area contributed by atoms with Crippen molar-refractivity contribution >= 4 is 18.1 Å². The van der Waals surface area contributed by atoms with Gasteiger partial charge in [-0.05, 0) is 18.1 Å². The summed E-state index contributed by atoms with van der Waals surface area (Å²) in [7, 11) is 0. The molecule has 2 nitrogen and oxygen atoms in total. The highest BCUT2D eigenvalue weighted by Gasteiger charge is 1.90. The molecule has 0 amide bonds. The maximum Gasteiger partial charge on any atom is 0.167 e. The molecule has 1 aromatic rings. The van der Waals surface area contributed by atoms with Crippen LogP contribution >= 0.6 is 11.9 Å². The van der Waals surface area contributed by atoms with Crippen LogP contribution in [0.2, 0.25) is 0 Å². The summed E-state index contributed by atoms with van der Waals surface area (Å²) in [6.07, 6.45) is 1.57. The molecule has 0 radical (unpaired) electrons. The number of nitrogens with zero attached hydrogens (tertiary/aromatic N) is 1. The lowest BCUT2D eigenvalue weighted by atomic mass is 10.1. The van der Waals surface area contributed by atoms with Gasteiger partial charge in [0.2, 0.25) is 0 Å². The van der Waals surface area contributed by atoms with Crippen LogP contribution in [0.5, 0.6) is 0 Å². The molecule has 1 rings (SSSR count). The van der Waals surface area contributed by atoms with Gasteiger partial charge in [0.1, 0.15) is 0 Å². The monoisotopic (exact) mass is 169 g/mol. The number of benzene rings is 1. The molecule has 0 spiro atoms. The van der Waals surface area contributed by atoms with Crippen LogP contribution in [0.25, 0.3) is 0 Å². The zero-order valence-electron chi connectivity index (χ0n) is 6.12. The SMILES string of the molecule is Cc1ccccc1/C=N/OCl. The minimum atomic E-state index is 1.01. The van der Waals surface area contributed by atoms with E-state index in [1.165, 1.54) is 0 Å². The van der Waals surface area contributed by atoms with E-state index in [2.05, 4.69) is 9.55 Å². The molecule has 0 saturated carbocycles. The Morgan fingerprint density at radius 3 is 2.82 bits per heavy atom. The van der Waals surface area contributed by atoms with Crippen LogP contribution in [0.1, 0.15) is 11.1 Å². The lowest BCUT2D eigenvalue weighted by Crippen LogP contribution is -1.84. The third-order valence-corrected chi connectivity index (χ3v) is 1.50. The maximum absolute atomic E-state index is 4.91. The Kier molecular flexibility index (Phi) is 2.93. The van der Waals surface area contributed by atoms with E-state index in [1.54, 1.807) is 6.21 Å². The summed E-state index contributed by atoms with van der Waals surface area (Å²) >= 11 is 4.91. The Bertz CT molecular complexity index is 260. The largest absolute Gasteiger partial charge is 0.277 e. The van der Waals surface area contributed by atoms with E-state index >= 15 is 0 Å². The van der Waals surface area contributed by atoms with Crippen molar-refractivity contribution in [3.8, 4) is 0 Å². The quantitative estimate of drug-likeness (QED) is 0.493. The lowest BCUT2D eigenvalue weighted by molar-refractivity contribution is 0.383. The molecule has 0 aromatic heterocycles. The van der Waals surface area contributed by atoms with Crippen LogP contribution < -0.4 is 0 Å². The summed E-state index contributed by atoms with van der Waals surface area (Å²) in [5, 5.41) is 3.44. The molecule has 11 heavy (non-hydrogen) atoms. The predicted octanol–water partition coefficient (Wildman–Crippen LogP) is 2.50. The highest BCUT2D eigenvalue weighted by atomic mass is 35.5. The normalized spacial score (nSPS) is 10.4. The molecule has 0 atom stereocenters. The number of hydrogen-bond acceptors (Lipinski definition) is 2. The Morgan fingerprint density at radius 1 is 1.45 bits per heavy atom. The van der Waals surface area contributed by atoms with Gasteiger partial charge in [0.25, 0.3) is 0 Å². The molecule has 0 aliphatic rings. The summed E-state index contributed by atoms with van der Waals surface area (Å²) in [6.45, 7) is 2.00. The van der Waals surface area contributed by atoms with Gasteiger partial charge in [-0.1, -0.05) is 29.4 Å². The zero-order valence-corrected chi connectivity index (χ0v) is 6.88. The van der Waals surface area contributed by atoms with Crippen LogP contribution in [0.4, 0.5) is 0 Å². The molecule has 1 aromatic carbocycles. The molecular weight excluding hydrogens is 162 g/mol. The zero-order chi connectivity index (χ0) is 8.10. The molecule has 0 heterocycles. The van der Waals surface area contributed by atoms with E-state index in [0.717, 1.165) is 11.1 Å². The van der Waals surface area contributed by atoms with Crippen molar-refractivity contribution in [3.05, 3.63) is 35.4 Å². The van der Waals surface area contributed by atoms with Crippen molar-refractivity contribution in [1.29, 1.82) is 0 Å². The molecule has 0 unspecified atom stereocenters. The Balaban J connectivity index is 2.86. The Labute approximate surface area is 70.6 Å². The van der Waals surface area contributed by atoms with Gasteiger partial charge in [0.15, 0.2) is 11.9 Å². The molecule has 0 aliphatic carbocycles. The average molecular weight is 170 g/mol. The topological polar surface area (TPSA) is 21.6 Å². The van der Waals surface area contributed by atoms with Gasteiger partial charge in [-0.15, -0.1) is 0 Å². The fraction of sp³-hybridized carbons (Fsp3) is 0.125. The highest BCUT2D eigenvalue weighted by molar-refractivity contribution is 6.07. The Morgan fingerprint density at radius 2 is 2.18 bits per heavy atom. The van der Waals surface area contributed by atoms with E-state index < -0.39 is 0 Å². The molecule has 0 aliphatic heterocycles. The molecule has 0 N–H and O–H groups in total. The number of oxime groups is 1. The highest BCUT2D eigenvalue weighted by Crippen LogP contribution is 2.03. The van der Waals surface area contributed by atoms with Gasteiger partial charge in [-0.25, -0.2) is 0 Å². The first kappa shape index (κ1) is 8.08. The third kappa shape index (κ3) is 2.24. The Hall–Kier alpha value is -1.02. The second kappa shape index (κ2) is 3.98. The summed E-state index contributed by atoms with van der Waals surface area (Å²) in [5.41, 5.74) is 2.15. The van der Waals surface area contributed by atoms with Crippen LogP contribution in [0.3, 0.4) is 0 Å². The van der Waals surface area contributed by atoms with Gasteiger partial charge in [0, 0.05) is 0 Å². The third-order valence-electron chi connectivity index (χ3n) is 1.42. The minimum absolute atomic E-state index is 1.01. The smallest absolute Gasteiger partial charge is 0.167 e. The second-order valence-corrected chi connectivity index (χ2v) is 2.30. The van der Waals surface area contributed by atoms with Gasteiger partial charge in [-0.2, -0.15) is 0 Å². The summed E-state index contributed by atoms with van der Waals surface area (Å²) in [5.74, 6) is 0. The van der Waals surface area contributed by atoms with Crippen molar-refractivity contribution in [2.24, 2.45) is 5.16 Å². The van der Waals surface area contributed by atoms with E-state index in [4.69, 9.17) is 11.9 Å². The molecule has 0 bridgehead atoms.